The molecule has 0 radical (unpaired) electrons. The van der Waals surface area contributed by atoms with Gasteiger partial charge in [-0.1, -0.05) is 12.1 Å². The van der Waals surface area contributed by atoms with E-state index < -0.39 is 35.0 Å². The van der Waals surface area contributed by atoms with Crippen molar-refractivity contribution in [2.45, 2.75) is 6.42 Å². The summed E-state index contributed by atoms with van der Waals surface area (Å²) in [7, 11) is 1.30. The fourth-order valence-electron chi connectivity index (χ4n) is 1.87. The predicted molar refractivity (Wildman–Crippen MR) is 67.4 cm³/mol. The Hall–Kier alpha value is -2.18. The van der Waals surface area contributed by atoms with E-state index in [9.17, 15) is 22.0 Å². The van der Waals surface area contributed by atoms with Crippen LogP contribution >= 0.6 is 0 Å². The summed E-state index contributed by atoms with van der Waals surface area (Å²) in [5, 5.41) is 0. The fraction of sp³-hybridized carbons (Fsp3) is 0.214. The number of aromatic nitrogens is 1. The molecule has 0 N–H and O–H groups in total. The first kappa shape index (κ1) is 15.2. The van der Waals surface area contributed by atoms with Crippen LogP contribution in [0.5, 0.6) is 0 Å². The summed E-state index contributed by atoms with van der Waals surface area (Å²) >= 11 is 0. The average molecular weight is 302 g/mol. The molecular weight excluding hydrogens is 291 g/mol. The Labute approximate surface area is 117 Å². The van der Waals surface area contributed by atoms with E-state index in [4.69, 9.17) is 0 Å². The number of anilines is 1. The van der Waals surface area contributed by atoms with Crippen molar-refractivity contribution >= 4 is 5.69 Å². The van der Waals surface area contributed by atoms with Crippen LogP contribution in [0.1, 0.15) is 5.56 Å². The third-order valence-electron chi connectivity index (χ3n) is 3.01. The number of benzene rings is 1. The van der Waals surface area contributed by atoms with Gasteiger partial charge in [0.05, 0.1) is 0 Å². The molecule has 21 heavy (non-hydrogen) atoms. The van der Waals surface area contributed by atoms with Gasteiger partial charge in [-0.15, -0.1) is 0 Å². The van der Waals surface area contributed by atoms with Crippen molar-refractivity contribution in [3.63, 3.8) is 0 Å². The minimum Gasteiger partial charge on any atom is -0.369 e. The van der Waals surface area contributed by atoms with Gasteiger partial charge in [-0.3, -0.25) is 0 Å². The standard InChI is InChI=1S/C14H11F5N2/c1-21(7-6-8-2-4-9(15)5-3-8)12-10(16)13(18)20-14(19)11(12)17/h2-5H,6-7H2,1H3. The van der Waals surface area contributed by atoms with Gasteiger partial charge in [-0.2, -0.15) is 22.5 Å². The van der Waals surface area contributed by atoms with Gasteiger partial charge < -0.3 is 4.90 Å². The lowest BCUT2D eigenvalue weighted by Gasteiger charge is -2.20. The van der Waals surface area contributed by atoms with Crippen molar-refractivity contribution < 1.29 is 22.0 Å². The van der Waals surface area contributed by atoms with Crippen LogP contribution in [0.3, 0.4) is 0 Å². The number of rotatable bonds is 4. The molecular formula is C14H11F5N2. The zero-order chi connectivity index (χ0) is 15.6. The first-order valence-electron chi connectivity index (χ1n) is 6.05. The van der Waals surface area contributed by atoms with Crippen LogP contribution in [0.2, 0.25) is 0 Å². The van der Waals surface area contributed by atoms with Gasteiger partial charge in [-0.25, -0.2) is 4.39 Å². The quantitative estimate of drug-likeness (QED) is 0.635. The molecule has 0 aliphatic carbocycles. The van der Waals surface area contributed by atoms with Gasteiger partial charge in [0.25, 0.3) is 11.9 Å². The van der Waals surface area contributed by atoms with E-state index >= 15 is 0 Å². The van der Waals surface area contributed by atoms with Crippen molar-refractivity contribution in [2.24, 2.45) is 0 Å². The molecule has 1 aromatic carbocycles. The van der Waals surface area contributed by atoms with Crippen molar-refractivity contribution in [3.8, 4) is 0 Å². The SMILES string of the molecule is CN(CCc1ccc(F)cc1)c1c(F)c(F)nc(F)c1F. The Balaban J connectivity index is 2.17. The summed E-state index contributed by atoms with van der Waals surface area (Å²) in [6.45, 7) is 0.0857. The maximum atomic E-state index is 13.5. The highest BCUT2D eigenvalue weighted by Crippen LogP contribution is 2.25. The topological polar surface area (TPSA) is 16.1 Å². The normalized spacial score (nSPS) is 10.8. The lowest BCUT2D eigenvalue weighted by atomic mass is 10.1. The fourth-order valence-corrected chi connectivity index (χ4v) is 1.87. The average Bonchev–Trinajstić information content (AvgIpc) is 2.45. The Morgan fingerprint density at radius 3 is 1.95 bits per heavy atom. The Kier molecular flexibility index (Phi) is 4.40. The number of halogens is 5. The van der Waals surface area contributed by atoms with Crippen LogP contribution in [0.15, 0.2) is 24.3 Å². The lowest BCUT2D eigenvalue weighted by Crippen LogP contribution is -2.24. The van der Waals surface area contributed by atoms with E-state index in [1.807, 2.05) is 0 Å². The first-order chi connectivity index (χ1) is 9.90. The van der Waals surface area contributed by atoms with Gasteiger partial charge in [0.1, 0.15) is 11.5 Å². The van der Waals surface area contributed by atoms with Crippen LogP contribution < -0.4 is 4.90 Å². The number of likely N-dealkylation sites (N-methyl/N-ethyl adjacent to an activating group) is 1. The molecule has 2 aromatic rings. The summed E-state index contributed by atoms with van der Waals surface area (Å²) in [5.41, 5.74) is -0.0961. The second-order valence-electron chi connectivity index (χ2n) is 4.47. The van der Waals surface area contributed by atoms with E-state index in [2.05, 4.69) is 4.98 Å². The van der Waals surface area contributed by atoms with Gasteiger partial charge in [0, 0.05) is 13.6 Å². The van der Waals surface area contributed by atoms with E-state index in [0.717, 1.165) is 10.5 Å². The van der Waals surface area contributed by atoms with Crippen LogP contribution in [0.25, 0.3) is 0 Å². The van der Waals surface area contributed by atoms with Crippen LogP contribution in [-0.2, 0) is 6.42 Å². The molecule has 0 fully saturated rings. The summed E-state index contributed by atoms with van der Waals surface area (Å²) in [6, 6.07) is 5.54. The maximum absolute atomic E-state index is 13.5. The molecule has 0 bridgehead atoms. The predicted octanol–water partition coefficient (Wildman–Crippen LogP) is 3.46. The lowest BCUT2D eigenvalue weighted by molar-refractivity contribution is 0.407. The van der Waals surface area contributed by atoms with Crippen molar-refractivity contribution in [3.05, 3.63) is 59.2 Å². The third kappa shape index (κ3) is 3.29. The van der Waals surface area contributed by atoms with E-state index in [1.54, 1.807) is 0 Å². The molecule has 2 rings (SSSR count). The van der Waals surface area contributed by atoms with Gasteiger partial charge in [0.15, 0.2) is 0 Å². The first-order valence-corrected chi connectivity index (χ1v) is 6.05. The number of pyridine rings is 1. The molecule has 7 heteroatoms. The Bertz CT molecular complexity index is 617. The molecule has 1 heterocycles. The highest BCUT2D eigenvalue weighted by molar-refractivity contribution is 5.47. The zero-order valence-electron chi connectivity index (χ0n) is 11.0. The minimum absolute atomic E-state index is 0.0857. The van der Waals surface area contributed by atoms with Crippen LogP contribution in [0.4, 0.5) is 27.6 Å². The van der Waals surface area contributed by atoms with Gasteiger partial charge >= 0.3 is 0 Å². The molecule has 112 valence electrons. The summed E-state index contributed by atoms with van der Waals surface area (Å²) in [4.78, 5) is 3.54. The van der Waals surface area contributed by atoms with E-state index in [1.165, 1.54) is 31.3 Å². The monoisotopic (exact) mass is 302 g/mol. The summed E-state index contributed by atoms with van der Waals surface area (Å²) in [6.07, 6.45) is 0.321. The molecule has 0 unspecified atom stereocenters. The molecule has 2 nitrogen and oxygen atoms in total. The molecule has 0 spiro atoms. The maximum Gasteiger partial charge on any atom is 0.253 e. The molecule has 0 aliphatic heterocycles. The smallest absolute Gasteiger partial charge is 0.253 e. The number of hydrogen-bond donors (Lipinski definition) is 0. The molecule has 1 aromatic heterocycles. The van der Waals surface area contributed by atoms with Gasteiger partial charge in [-0.05, 0) is 24.1 Å². The third-order valence-corrected chi connectivity index (χ3v) is 3.01. The van der Waals surface area contributed by atoms with Crippen molar-refractivity contribution in [2.75, 3.05) is 18.5 Å². The summed E-state index contributed by atoms with van der Waals surface area (Å²) in [5.74, 6) is -6.89. The van der Waals surface area contributed by atoms with E-state index in [-0.39, 0.29) is 6.54 Å². The van der Waals surface area contributed by atoms with Crippen molar-refractivity contribution in [1.82, 2.24) is 4.98 Å². The van der Waals surface area contributed by atoms with Crippen molar-refractivity contribution in [1.29, 1.82) is 0 Å². The molecule has 0 aliphatic rings. The largest absolute Gasteiger partial charge is 0.369 e. The van der Waals surface area contributed by atoms with Gasteiger partial charge in [0.2, 0.25) is 11.6 Å². The Morgan fingerprint density at radius 2 is 1.43 bits per heavy atom. The van der Waals surface area contributed by atoms with E-state index in [0.29, 0.717) is 6.42 Å². The Morgan fingerprint density at radius 1 is 0.905 bits per heavy atom. The number of hydrogen-bond acceptors (Lipinski definition) is 2. The van der Waals surface area contributed by atoms with Crippen LogP contribution in [0, 0.1) is 29.3 Å². The van der Waals surface area contributed by atoms with Crippen LogP contribution in [-0.4, -0.2) is 18.6 Å². The molecule has 0 atom stereocenters. The number of nitrogens with zero attached hydrogens (tertiary/aromatic N) is 2. The molecule has 0 saturated carbocycles. The second-order valence-corrected chi connectivity index (χ2v) is 4.47. The second kappa shape index (κ2) is 6.07. The highest BCUT2D eigenvalue weighted by Gasteiger charge is 2.23. The zero-order valence-corrected chi connectivity index (χ0v) is 11.0. The minimum atomic E-state index is -1.70. The molecule has 0 amide bonds. The highest BCUT2D eigenvalue weighted by atomic mass is 19.2. The summed E-state index contributed by atoms with van der Waals surface area (Å²) < 4.78 is 65.9. The molecule has 0 saturated heterocycles.